The fraction of sp³-hybridized carbons (Fsp3) is 0.286. The van der Waals surface area contributed by atoms with Gasteiger partial charge in [-0.2, -0.15) is 0 Å². The molecule has 0 aliphatic heterocycles. The van der Waals surface area contributed by atoms with Crippen molar-refractivity contribution in [3.05, 3.63) is 32.2 Å². The van der Waals surface area contributed by atoms with Crippen LogP contribution in [-0.2, 0) is 6.54 Å². The van der Waals surface area contributed by atoms with Crippen LogP contribution in [0.3, 0.4) is 0 Å². The minimum absolute atomic E-state index is 0.0793. The molecule has 0 bridgehead atoms. The molecule has 0 radical (unpaired) electrons. The number of pyridine rings is 1. The summed E-state index contributed by atoms with van der Waals surface area (Å²) in [5.41, 5.74) is 4.21. The summed E-state index contributed by atoms with van der Waals surface area (Å²) in [5, 5.41) is 0. The summed E-state index contributed by atoms with van der Waals surface area (Å²) in [6, 6.07) is 0. The van der Waals surface area contributed by atoms with Crippen LogP contribution in [0.15, 0.2) is 15.5 Å². The van der Waals surface area contributed by atoms with Gasteiger partial charge in [0.05, 0.1) is 0 Å². The third-order valence-corrected chi connectivity index (χ3v) is 2.26. The molecule has 1 aromatic heterocycles. The van der Waals surface area contributed by atoms with Crippen LogP contribution >= 0.6 is 15.9 Å². The minimum Gasteiger partial charge on any atom is -0.328 e. The second-order valence-corrected chi connectivity index (χ2v) is 3.22. The fourth-order valence-corrected chi connectivity index (χ4v) is 1.53. The molecule has 3 N–H and O–H groups in total. The SMILES string of the molecule is NCc1c(C(F)F)c(Br)c[nH]c1=O. The monoisotopic (exact) mass is 252 g/mol. The minimum atomic E-state index is -2.70. The topological polar surface area (TPSA) is 58.9 Å². The van der Waals surface area contributed by atoms with Crippen LogP contribution in [-0.4, -0.2) is 4.98 Å². The molecular formula is C7H7BrF2N2O. The number of halogens is 3. The normalized spacial score (nSPS) is 10.8. The van der Waals surface area contributed by atoms with E-state index in [-0.39, 0.29) is 22.1 Å². The number of nitrogens with two attached hydrogens (primary N) is 1. The van der Waals surface area contributed by atoms with Crippen LogP contribution in [0.4, 0.5) is 8.78 Å². The van der Waals surface area contributed by atoms with Crippen molar-refractivity contribution in [2.24, 2.45) is 5.73 Å². The van der Waals surface area contributed by atoms with Crippen molar-refractivity contribution in [1.29, 1.82) is 0 Å². The first-order valence-corrected chi connectivity index (χ1v) is 4.25. The number of alkyl halides is 2. The summed E-state index contributed by atoms with van der Waals surface area (Å²) < 4.78 is 25.0. The molecule has 0 aliphatic rings. The Labute approximate surface area is 81.1 Å². The molecule has 0 fully saturated rings. The third kappa shape index (κ3) is 1.94. The first-order valence-electron chi connectivity index (χ1n) is 3.46. The number of aromatic nitrogens is 1. The summed E-state index contributed by atoms with van der Waals surface area (Å²) >= 11 is 2.92. The van der Waals surface area contributed by atoms with Crippen molar-refractivity contribution in [3.63, 3.8) is 0 Å². The van der Waals surface area contributed by atoms with Gasteiger partial charge in [-0.1, -0.05) is 0 Å². The van der Waals surface area contributed by atoms with Crippen molar-refractivity contribution < 1.29 is 8.78 Å². The van der Waals surface area contributed by atoms with Gasteiger partial charge in [-0.05, 0) is 15.9 Å². The summed E-state index contributed by atoms with van der Waals surface area (Å²) in [6.07, 6.45) is -1.52. The molecule has 1 rings (SSSR count). The molecule has 6 heteroatoms. The Morgan fingerprint density at radius 3 is 2.62 bits per heavy atom. The van der Waals surface area contributed by atoms with Gasteiger partial charge in [0.15, 0.2) is 0 Å². The third-order valence-electron chi connectivity index (χ3n) is 1.61. The van der Waals surface area contributed by atoms with Gasteiger partial charge < -0.3 is 10.7 Å². The fourth-order valence-electron chi connectivity index (χ4n) is 0.999. The molecule has 0 unspecified atom stereocenters. The van der Waals surface area contributed by atoms with Gasteiger partial charge in [0.1, 0.15) is 0 Å². The van der Waals surface area contributed by atoms with Gasteiger partial charge in [-0.25, -0.2) is 8.78 Å². The highest BCUT2D eigenvalue weighted by molar-refractivity contribution is 9.10. The quantitative estimate of drug-likeness (QED) is 0.839. The van der Waals surface area contributed by atoms with Crippen molar-refractivity contribution in [2.75, 3.05) is 0 Å². The molecule has 0 saturated heterocycles. The smallest absolute Gasteiger partial charge is 0.265 e. The van der Waals surface area contributed by atoms with Gasteiger partial charge in [0, 0.05) is 28.3 Å². The van der Waals surface area contributed by atoms with Crippen LogP contribution in [0.5, 0.6) is 0 Å². The van der Waals surface area contributed by atoms with Gasteiger partial charge in [0.25, 0.3) is 12.0 Å². The lowest BCUT2D eigenvalue weighted by Crippen LogP contribution is -2.19. The molecule has 1 heterocycles. The lowest BCUT2D eigenvalue weighted by molar-refractivity contribution is 0.149. The van der Waals surface area contributed by atoms with Gasteiger partial charge in [0.2, 0.25) is 0 Å². The van der Waals surface area contributed by atoms with Crippen LogP contribution < -0.4 is 11.3 Å². The van der Waals surface area contributed by atoms with E-state index in [0.29, 0.717) is 0 Å². The van der Waals surface area contributed by atoms with E-state index in [1.807, 2.05) is 0 Å². The number of hydrogen-bond acceptors (Lipinski definition) is 2. The molecular weight excluding hydrogens is 246 g/mol. The zero-order valence-corrected chi connectivity index (χ0v) is 8.07. The molecule has 0 amide bonds. The highest BCUT2D eigenvalue weighted by Gasteiger charge is 2.18. The van der Waals surface area contributed by atoms with Gasteiger partial charge >= 0.3 is 0 Å². The van der Waals surface area contributed by atoms with E-state index in [1.54, 1.807) is 0 Å². The van der Waals surface area contributed by atoms with E-state index in [2.05, 4.69) is 20.9 Å². The molecule has 1 aromatic rings. The molecule has 0 atom stereocenters. The van der Waals surface area contributed by atoms with E-state index < -0.39 is 12.0 Å². The van der Waals surface area contributed by atoms with E-state index >= 15 is 0 Å². The Balaban J connectivity index is 3.44. The van der Waals surface area contributed by atoms with Gasteiger partial charge in [-0.15, -0.1) is 0 Å². The Kier molecular flexibility index (Phi) is 3.16. The second-order valence-electron chi connectivity index (χ2n) is 2.36. The Hall–Kier alpha value is -0.750. The van der Waals surface area contributed by atoms with Crippen molar-refractivity contribution in [2.45, 2.75) is 13.0 Å². The van der Waals surface area contributed by atoms with E-state index in [4.69, 9.17) is 5.73 Å². The number of hydrogen-bond donors (Lipinski definition) is 2. The first kappa shape index (κ1) is 10.3. The molecule has 0 aliphatic carbocycles. The lowest BCUT2D eigenvalue weighted by atomic mass is 10.1. The summed E-state index contributed by atoms with van der Waals surface area (Å²) in [6.45, 7) is -0.200. The van der Waals surface area contributed by atoms with Gasteiger partial charge in [-0.3, -0.25) is 4.79 Å². The number of aromatic amines is 1. The highest BCUT2D eigenvalue weighted by Crippen LogP contribution is 2.27. The molecule has 72 valence electrons. The average molecular weight is 253 g/mol. The molecule has 0 spiro atoms. The Morgan fingerprint density at radius 2 is 2.23 bits per heavy atom. The average Bonchev–Trinajstić information content (AvgIpc) is 2.07. The maximum atomic E-state index is 12.4. The van der Waals surface area contributed by atoms with Crippen molar-refractivity contribution in [3.8, 4) is 0 Å². The van der Waals surface area contributed by atoms with E-state index in [9.17, 15) is 13.6 Å². The first-order chi connectivity index (χ1) is 6.07. The van der Waals surface area contributed by atoms with Crippen LogP contribution in [0.1, 0.15) is 17.6 Å². The van der Waals surface area contributed by atoms with Crippen LogP contribution in [0.2, 0.25) is 0 Å². The van der Waals surface area contributed by atoms with Crippen LogP contribution in [0, 0.1) is 0 Å². The number of rotatable bonds is 2. The zero-order chi connectivity index (χ0) is 10.0. The second kappa shape index (κ2) is 3.97. The van der Waals surface area contributed by atoms with Crippen molar-refractivity contribution >= 4 is 15.9 Å². The summed E-state index contributed by atoms with van der Waals surface area (Å²) in [5.74, 6) is 0. The van der Waals surface area contributed by atoms with E-state index in [1.165, 1.54) is 6.20 Å². The Morgan fingerprint density at radius 1 is 1.62 bits per heavy atom. The standard InChI is InChI=1S/C7H7BrF2N2O/c8-4-2-12-7(13)3(1-11)5(4)6(9)10/h2,6H,1,11H2,(H,12,13). The summed E-state index contributed by atoms with van der Waals surface area (Å²) in [7, 11) is 0. The van der Waals surface area contributed by atoms with Crippen molar-refractivity contribution in [1.82, 2.24) is 4.98 Å². The predicted molar refractivity (Wildman–Crippen MR) is 47.6 cm³/mol. The Bertz CT molecular complexity index is 364. The largest absolute Gasteiger partial charge is 0.328 e. The van der Waals surface area contributed by atoms with Crippen LogP contribution in [0.25, 0.3) is 0 Å². The molecule has 0 aromatic carbocycles. The maximum Gasteiger partial charge on any atom is 0.265 e. The van der Waals surface area contributed by atoms with E-state index in [0.717, 1.165) is 0 Å². The lowest BCUT2D eigenvalue weighted by Gasteiger charge is -2.07. The molecule has 0 saturated carbocycles. The molecule has 13 heavy (non-hydrogen) atoms. The maximum absolute atomic E-state index is 12.4. The number of H-pyrrole nitrogens is 1. The zero-order valence-electron chi connectivity index (χ0n) is 6.48. The summed E-state index contributed by atoms with van der Waals surface area (Å²) in [4.78, 5) is 13.3. The highest BCUT2D eigenvalue weighted by atomic mass is 79.9. The predicted octanol–water partition coefficient (Wildman–Crippen LogP) is 1.53. The number of nitrogens with one attached hydrogen (secondary N) is 1. The molecule has 3 nitrogen and oxygen atoms in total.